The number of benzene rings is 2. The van der Waals surface area contributed by atoms with E-state index in [9.17, 15) is 0 Å². The number of aryl methyl sites for hydroxylation is 3. The SMILES string of the molecule is Cc1c2c(c(C)c3ccccc13)-c1c3c(c(CC4CCCC4)sc3nc[n+]1C)O2. The van der Waals surface area contributed by atoms with Gasteiger partial charge in [-0.2, -0.15) is 0 Å². The molecule has 1 fully saturated rings. The molecule has 0 bridgehead atoms. The maximum atomic E-state index is 6.76. The minimum Gasteiger partial charge on any atom is -0.454 e. The molecule has 2 aromatic carbocycles. The topological polar surface area (TPSA) is 26.0 Å². The highest BCUT2D eigenvalue weighted by atomic mass is 32.1. The van der Waals surface area contributed by atoms with Crippen LogP contribution < -0.4 is 9.30 Å². The molecule has 0 amide bonds. The summed E-state index contributed by atoms with van der Waals surface area (Å²) in [6.45, 7) is 4.43. The van der Waals surface area contributed by atoms with E-state index in [-0.39, 0.29) is 0 Å². The van der Waals surface area contributed by atoms with Gasteiger partial charge >= 0.3 is 0 Å². The summed E-state index contributed by atoms with van der Waals surface area (Å²) in [4.78, 5) is 7.25. The number of nitrogens with zero attached hydrogens (tertiary/aromatic N) is 2. The first kappa shape index (κ1) is 17.4. The van der Waals surface area contributed by atoms with Crippen LogP contribution in [0.25, 0.3) is 32.2 Å². The van der Waals surface area contributed by atoms with Gasteiger partial charge in [0.25, 0.3) is 6.33 Å². The summed E-state index contributed by atoms with van der Waals surface area (Å²) < 4.78 is 8.94. The number of fused-ring (bicyclic) bond motifs is 3. The third-order valence-electron chi connectivity index (χ3n) is 6.92. The second kappa shape index (κ2) is 6.27. The van der Waals surface area contributed by atoms with Gasteiger partial charge in [0, 0.05) is 5.56 Å². The van der Waals surface area contributed by atoms with Gasteiger partial charge in [-0.1, -0.05) is 61.3 Å². The van der Waals surface area contributed by atoms with Crippen molar-refractivity contribution < 1.29 is 9.30 Å². The molecule has 0 atom stereocenters. The summed E-state index contributed by atoms with van der Waals surface area (Å²) in [6.07, 6.45) is 8.54. The van der Waals surface area contributed by atoms with Crippen molar-refractivity contribution in [2.24, 2.45) is 13.0 Å². The average molecular weight is 402 g/mol. The van der Waals surface area contributed by atoms with E-state index in [4.69, 9.17) is 9.72 Å². The smallest absolute Gasteiger partial charge is 0.288 e. The van der Waals surface area contributed by atoms with Crippen molar-refractivity contribution in [3.63, 3.8) is 0 Å². The summed E-state index contributed by atoms with van der Waals surface area (Å²) in [6, 6.07) is 8.69. The van der Waals surface area contributed by atoms with Crippen LogP contribution in [0.3, 0.4) is 0 Å². The van der Waals surface area contributed by atoms with E-state index in [0.717, 1.165) is 28.7 Å². The van der Waals surface area contributed by atoms with Gasteiger partial charge in [-0.3, -0.25) is 0 Å². The summed E-state index contributed by atoms with van der Waals surface area (Å²) in [5.74, 6) is 2.89. The highest BCUT2D eigenvalue weighted by Gasteiger charge is 2.35. The maximum absolute atomic E-state index is 6.76. The average Bonchev–Trinajstić information content (AvgIpc) is 3.37. The van der Waals surface area contributed by atoms with Gasteiger partial charge in [-0.25, -0.2) is 4.57 Å². The Balaban J connectivity index is 1.67. The Bertz CT molecular complexity index is 1300. The Morgan fingerprint density at radius 1 is 1.07 bits per heavy atom. The second-order valence-electron chi connectivity index (χ2n) is 8.69. The fraction of sp³-hybridized carbons (Fsp3) is 0.360. The van der Waals surface area contributed by atoms with Crippen molar-refractivity contribution in [1.29, 1.82) is 0 Å². The van der Waals surface area contributed by atoms with E-state index in [1.807, 2.05) is 17.7 Å². The molecule has 0 unspecified atom stereocenters. The number of hydrogen-bond acceptors (Lipinski definition) is 3. The third-order valence-corrected chi connectivity index (χ3v) is 8.02. The molecule has 0 spiro atoms. The number of aromatic nitrogens is 2. The lowest BCUT2D eigenvalue weighted by molar-refractivity contribution is -0.662. The Labute approximate surface area is 175 Å². The number of ether oxygens (including phenoxy) is 1. The first-order chi connectivity index (χ1) is 14.1. The molecule has 4 heteroatoms. The van der Waals surface area contributed by atoms with E-state index in [1.54, 1.807) is 0 Å². The molecule has 0 saturated heterocycles. The molecule has 2 aliphatic rings. The standard InChI is InChI=1S/C25H25N2OS/c1-14-17-10-6-7-11-18(17)15(2)23-20(14)22-21-24(28-23)19(12-16-8-4-5-9-16)29-25(21)26-13-27(22)3/h6-7,10-11,13,16H,4-5,8-9,12H2,1-3H3/q+1. The fourth-order valence-corrected chi connectivity index (χ4v) is 6.59. The van der Waals surface area contributed by atoms with Crippen LogP contribution in [0.15, 0.2) is 30.6 Å². The number of hydrogen-bond donors (Lipinski definition) is 0. The molecule has 6 rings (SSSR count). The molecule has 1 aliphatic carbocycles. The first-order valence-electron chi connectivity index (χ1n) is 10.6. The van der Waals surface area contributed by atoms with Crippen molar-refractivity contribution in [1.82, 2.24) is 4.98 Å². The molecule has 3 nitrogen and oxygen atoms in total. The molecule has 2 aromatic heterocycles. The van der Waals surface area contributed by atoms with Crippen LogP contribution in [0.1, 0.15) is 41.7 Å². The molecule has 3 heterocycles. The highest BCUT2D eigenvalue weighted by molar-refractivity contribution is 7.19. The van der Waals surface area contributed by atoms with E-state index in [1.165, 1.54) is 69.1 Å². The van der Waals surface area contributed by atoms with Gasteiger partial charge < -0.3 is 4.74 Å². The minimum atomic E-state index is 0.793. The normalized spacial score (nSPS) is 15.8. The van der Waals surface area contributed by atoms with Gasteiger partial charge in [0.05, 0.1) is 17.5 Å². The maximum Gasteiger partial charge on any atom is 0.288 e. The molecule has 146 valence electrons. The minimum absolute atomic E-state index is 0.793. The Hall–Kier alpha value is -2.46. The lowest BCUT2D eigenvalue weighted by Crippen LogP contribution is -2.32. The molecular formula is C25H25N2OS+. The molecule has 1 saturated carbocycles. The van der Waals surface area contributed by atoms with E-state index >= 15 is 0 Å². The molecule has 4 aromatic rings. The second-order valence-corrected chi connectivity index (χ2v) is 9.78. The predicted octanol–water partition coefficient (Wildman–Crippen LogP) is 6.40. The lowest BCUT2D eigenvalue weighted by Gasteiger charge is -2.23. The summed E-state index contributed by atoms with van der Waals surface area (Å²) in [5, 5.41) is 3.80. The Morgan fingerprint density at radius 2 is 1.79 bits per heavy atom. The van der Waals surface area contributed by atoms with Crippen molar-refractivity contribution in [3.05, 3.63) is 46.6 Å². The van der Waals surface area contributed by atoms with E-state index < -0.39 is 0 Å². The lowest BCUT2D eigenvalue weighted by atomic mass is 9.90. The van der Waals surface area contributed by atoms with E-state index in [0.29, 0.717) is 0 Å². The zero-order valence-corrected chi connectivity index (χ0v) is 18.0. The Morgan fingerprint density at radius 3 is 2.55 bits per heavy atom. The summed E-state index contributed by atoms with van der Waals surface area (Å²) in [7, 11) is 2.11. The van der Waals surface area contributed by atoms with Gasteiger partial charge in [-0.05, 0) is 47.5 Å². The zero-order valence-electron chi connectivity index (χ0n) is 17.2. The molecular weight excluding hydrogens is 376 g/mol. The quantitative estimate of drug-likeness (QED) is 0.320. The Kier molecular flexibility index (Phi) is 3.76. The van der Waals surface area contributed by atoms with Crippen molar-refractivity contribution >= 4 is 32.3 Å². The predicted molar refractivity (Wildman–Crippen MR) is 119 cm³/mol. The van der Waals surface area contributed by atoms with Crippen molar-refractivity contribution in [3.8, 4) is 22.8 Å². The van der Waals surface area contributed by atoms with Crippen LogP contribution >= 0.6 is 11.3 Å². The molecule has 29 heavy (non-hydrogen) atoms. The first-order valence-corrected chi connectivity index (χ1v) is 11.4. The van der Waals surface area contributed by atoms with Crippen LogP contribution in [0.4, 0.5) is 0 Å². The van der Waals surface area contributed by atoms with E-state index in [2.05, 4.69) is 49.7 Å². The van der Waals surface area contributed by atoms with Crippen LogP contribution in [-0.2, 0) is 13.5 Å². The van der Waals surface area contributed by atoms with Crippen LogP contribution in [0.2, 0.25) is 0 Å². The number of rotatable bonds is 2. The summed E-state index contributed by atoms with van der Waals surface area (Å²) in [5.41, 5.74) is 5.01. The number of thiophene rings is 1. The van der Waals surface area contributed by atoms with Crippen LogP contribution in [0, 0.1) is 19.8 Å². The highest BCUT2D eigenvalue weighted by Crippen LogP contribution is 2.53. The largest absolute Gasteiger partial charge is 0.454 e. The molecule has 0 N–H and O–H groups in total. The van der Waals surface area contributed by atoms with Gasteiger partial charge in [-0.15, -0.1) is 0 Å². The van der Waals surface area contributed by atoms with Crippen LogP contribution in [0.5, 0.6) is 11.5 Å². The summed E-state index contributed by atoms with van der Waals surface area (Å²) >= 11 is 1.84. The fourth-order valence-electron chi connectivity index (χ4n) is 5.41. The molecule has 1 aliphatic heterocycles. The molecule has 0 radical (unpaired) electrons. The van der Waals surface area contributed by atoms with Gasteiger partial charge in [0.2, 0.25) is 4.83 Å². The van der Waals surface area contributed by atoms with Gasteiger partial charge in [0.15, 0.2) is 11.4 Å². The zero-order chi connectivity index (χ0) is 19.7. The van der Waals surface area contributed by atoms with Gasteiger partial charge in [0.1, 0.15) is 11.1 Å². The monoisotopic (exact) mass is 401 g/mol. The third kappa shape index (κ3) is 2.42. The van der Waals surface area contributed by atoms with Crippen molar-refractivity contribution in [2.45, 2.75) is 46.0 Å². The van der Waals surface area contributed by atoms with Crippen LogP contribution in [-0.4, -0.2) is 4.98 Å². The van der Waals surface area contributed by atoms with Crippen molar-refractivity contribution in [2.75, 3.05) is 0 Å².